The van der Waals surface area contributed by atoms with E-state index in [0.29, 0.717) is 0 Å². The van der Waals surface area contributed by atoms with Crippen molar-refractivity contribution < 1.29 is 62.0 Å². The van der Waals surface area contributed by atoms with Crippen molar-refractivity contribution in [2.24, 2.45) is 0 Å². The predicted octanol–water partition coefficient (Wildman–Crippen LogP) is -2.30. The van der Waals surface area contributed by atoms with E-state index in [1.54, 1.807) is 0 Å². The molecule has 2 rings (SSSR count). The van der Waals surface area contributed by atoms with Crippen LogP contribution in [0.15, 0.2) is 60.7 Å². The topological polar surface area (TPSA) is 0 Å². The van der Waals surface area contributed by atoms with Crippen molar-refractivity contribution in [3.05, 3.63) is 71.8 Å². The molecule has 0 aliphatic heterocycles. The summed E-state index contributed by atoms with van der Waals surface area (Å²) >= 11 is 0. The minimum atomic E-state index is 0. The standard InChI is InChI=1S/C14H14.2Na.2H/c1-3-7-13(8-4-1)11-12-14-9-5-2-6-10-14;;;;/h1-10H,11-12H2;;;;/q;2*+1;2*-1. The van der Waals surface area contributed by atoms with E-state index in [2.05, 4.69) is 60.7 Å². The molecule has 0 saturated heterocycles. The largest absolute Gasteiger partial charge is 1.00 e. The van der Waals surface area contributed by atoms with Gasteiger partial charge in [-0.1, -0.05) is 60.7 Å². The summed E-state index contributed by atoms with van der Waals surface area (Å²) in [6, 6.07) is 21.2. The van der Waals surface area contributed by atoms with Gasteiger partial charge < -0.3 is 2.85 Å². The molecule has 0 bridgehead atoms. The Kier molecular flexibility index (Phi) is 9.73. The summed E-state index contributed by atoms with van der Waals surface area (Å²) in [5.41, 5.74) is 2.83. The second-order valence-electron chi connectivity index (χ2n) is 3.47. The van der Waals surface area contributed by atoms with Crippen LogP contribution >= 0.6 is 0 Å². The van der Waals surface area contributed by atoms with Crippen molar-refractivity contribution in [3.63, 3.8) is 0 Å². The third-order valence-electron chi connectivity index (χ3n) is 2.39. The Balaban J connectivity index is -0.000000562. The van der Waals surface area contributed by atoms with Gasteiger partial charge >= 0.3 is 59.1 Å². The van der Waals surface area contributed by atoms with Gasteiger partial charge in [0.15, 0.2) is 0 Å². The van der Waals surface area contributed by atoms with Crippen molar-refractivity contribution in [2.75, 3.05) is 0 Å². The Hall–Kier alpha value is 0.440. The first kappa shape index (κ1) is 16.4. The first-order valence-electron chi connectivity index (χ1n) is 5.03. The maximum Gasteiger partial charge on any atom is 1.00 e. The average molecular weight is 230 g/mol. The number of rotatable bonds is 3. The molecule has 0 atom stereocenters. The van der Waals surface area contributed by atoms with Gasteiger partial charge in [-0.05, 0) is 24.0 Å². The van der Waals surface area contributed by atoms with E-state index in [9.17, 15) is 0 Å². The van der Waals surface area contributed by atoms with Gasteiger partial charge in [0.1, 0.15) is 0 Å². The molecule has 0 nitrogen and oxygen atoms in total. The van der Waals surface area contributed by atoms with Crippen LogP contribution in [0.5, 0.6) is 0 Å². The average Bonchev–Trinajstić information content (AvgIpc) is 2.29. The number of hydrogen-bond donors (Lipinski definition) is 0. The summed E-state index contributed by atoms with van der Waals surface area (Å²) in [6.07, 6.45) is 2.26. The Morgan fingerprint density at radius 1 is 0.562 bits per heavy atom. The summed E-state index contributed by atoms with van der Waals surface area (Å²) in [5.74, 6) is 0. The molecule has 0 aliphatic carbocycles. The molecule has 0 aromatic heterocycles. The summed E-state index contributed by atoms with van der Waals surface area (Å²) < 4.78 is 0. The van der Waals surface area contributed by atoms with Crippen molar-refractivity contribution in [2.45, 2.75) is 12.8 Å². The molecule has 0 spiro atoms. The maximum atomic E-state index is 2.18. The minimum absolute atomic E-state index is 0. The van der Waals surface area contributed by atoms with E-state index < -0.39 is 0 Å². The smallest absolute Gasteiger partial charge is 1.00 e. The Morgan fingerprint density at radius 3 is 1.19 bits per heavy atom. The predicted molar refractivity (Wildman–Crippen MR) is 62.5 cm³/mol. The Labute approximate surface area is 145 Å². The van der Waals surface area contributed by atoms with Gasteiger partial charge in [-0.25, -0.2) is 0 Å². The minimum Gasteiger partial charge on any atom is -1.00 e. The number of benzene rings is 2. The molecule has 0 unspecified atom stereocenters. The van der Waals surface area contributed by atoms with Crippen LogP contribution in [0.1, 0.15) is 14.0 Å². The van der Waals surface area contributed by atoms with Crippen LogP contribution in [-0.4, -0.2) is 0 Å². The van der Waals surface area contributed by atoms with Gasteiger partial charge in [0.05, 0.1) is 0 Å². The fourth-order valence-electron chi connectivity index (χ4n) is 1.58. The zero-order chi connectivity index (χ0) is 9.64. The summed E-state index contributed by atoms with van der Waals surface area (Å²) in [7, 11) is 0. The molecule has 0 aliphatic rings. The van der Waals surface area contributed by atoms with E-state index in [4.69, 9.17) is 0 Å². The molecule has 74 valence electrons. The van der Waals surface area contributed by atoms with Crippen molar-refractivity contribution in [1.29, 1.82) is 0 Å². The molecule has 16 heavy (non-hydrogen) atoms. The monoisotopic (exact) mass is 230 g/mol. The Bertz CT molecular complexity index is 340. The normalized spacial score (nSPS) is 8.75. The maximum absolute atomic E-state index is 2.18. The Morgan fingerprint density at radius 2 is 0.875 bits per heavy atom. The van der Waals surface area contributed by atoms with Gasteiger partial charge in [-0.3, -0.25) is 0 Å². The molecule has 0 amide bonds. The van der Waals surface area contributed by atoms with E-state index in [-0.39, 0.29) is 62.0 Å². The molecular formula is C14H16Na2. The van der Waals surface area contributed by atoms with E-state index in [1.165, 1.54) is 11.1 Å². The van der Waals surface area contributed by atoms with Gasteiger partial charge in [0.2, 0.25) is 0 Å². The van der Waals surface area contributed by atoms with Gasteiger partial charge in [0.25, 0.3) is 0 Å². The third-order valence-corrected chi connectivity index (χ3v) is 2.39. The van der Waals surface area contributed by atoms with Crippen LogP contribution < -0.4 is 59.1 Å². The van der Waals surface area contributed by atoms with Gasteiger partial charge in [0, 0.05) is 0 Å². The van der Waals surface area contributed by atoms with Crippen LogP contribution in [-0.2, 0) is 12.8 Å². The van der Waals surface area contributed by atoms with E-state index >= 15 is 0 Å². The van der Waals surface area contributed by atoms with E-state index in [0.717, 1.165) is 12.8 Å². The molecule has 0 heterocycles. The van der Waals surface area contributed by atoms with Crippen LogP contribution in [0.3, 0.4) is 0 Å². The fraction of sp³-hybridized carbons (Fsp3) is 0.143. The van der Waals surface area contributed by atoms with Crippen LogP contribution in [0, 0.1) is 0 Å². The van der Waals surface area contributed by atoms with Crippen molar-refractivity contribution in [1.82, 2.24) is 0 Å². The molecular weight excluding hydrogens is 214 g/mol. The number of aryl methyl sites for hydroxylation is 2. The summed E-state index contributed by atoms with van der Waals surface area (Å²) in [6.45, 7) is 0. The van der Waals surface area contributed by atoms with E-state index in [1.807, 2.05) is 0 Å². The molecule has 2 aromatic carbocycles. The summed E-state index contributed by atoms with van der Waals surface area (Å²) in [4.78, 5) is 0. The van der Waals surface area contributed by atoms with Crippen molar-refractivity contribution in [3.8, 4) is 0 Å². The molecule has 0 radical (unpaired) electrons. The first-order chi connectivity index (χ1) is 6.95. The second-order valence-corrected chi connectivity index (χ2v) is 3.47. The zero-order valence-electron chi connectivity index (χ0n) is 12.2. The third kappa shape index (κ3) is 5.67. The molecule has 0 N–H and O–H groups in total. The van der Waals surface area contributed by atoms with Crippen LogP contribution in [0.2, 0.25) is 0 Å². The zero-order valence-corrected chi connectivity index (χ0v) is 14.2. The number of hydrogen-bond acceptors (Lipinski definition) is 0. The fourth-order valence-corrected chi connectivity index (χ4v) is 1.58. The molecule has 0 saturated carbocycles. The first-order valence-corrected chi connectivity index (χ1v) is 5.03. The SMILES string of the molecule is [H-].[H-].[Na+].[Na+].c1ccc(CCc2ccccc2)cc1. The van der Waals surface area contributed by atoms with Crippen molar-refractivity contribution >= 4 is 0 Å². The van der Waals surface area contributed by atoms with Crippen LogP contribution in [0.25, 0.3) is 0 Å². The molecule has 0 fully saturated rings. The molecule has 2 heteroatoms. The molecule has 2 aromatic rings. The van der Waals surface area contributed by atoms with Gasteiger partial charge in [-0.2, -0.15) is 0 Å². The van der Waals surface area contributed by atoms with Crippen LogP contribution in [0.4, 0.5) is 0 Å². The van der Waals surface area contributed by atoms with Gasteiger partial charge in [-0.15, -0.1) is 0 Å². The summed E-state index contributed by atoms with van der Waals surface area (Å²) in [5, 5.41) is 0. The quantitative estimate of drug-likeness (QED) is 0.521. The second kappa shape index (κ2) is 9.47.